The molecule has 1 fully saturated rings. The summed E-state index contributed by atoms with van der Waals surface area (Å²) < 4.78 is 5.96. The summed E-state index contributed by atoms with van der Waals surface area (Å²) in [5.41, 5.74) is 0.964. The average molecular weight is 243 g/mol. The Labute approximate surface area is 106 Å². The lowest BCUT2D eigenvalue weighted by molar-refractivity contribution is 0.0666. The smallest absolute Gasteiger partial charge is 0.121 e. The molecule has 18 heavy (non-hydrogen) atoms. The maximum absolute atomic E-state index is 9.47. The molecular weight excluding hydrogens is 226 g/mol. The normalized spacial score (nSPS) is 24.1. The molecule has 0 spiro atoms. The number of rotatable bonds is 2. The van der Waals surface area contributed by atoms with E-state index in [1.54, 1.807) is 6.20 Å². The van der Waals surface area contributed by atoms with E-state index in [-0.39, 0.29) is 12.2 Å². The zero-order valence-corrected chi connectivity index (χ0v) is 10.2. The van der Waals surface area contributed by atoms with Crippen molar-refractivity contribution in [3.05, 3.63) is 36.5 Å². The second-order valence-corrected chi connectivity index (χ2v) is 4.91. The van der Waals surface area contributed by atoms with Crippen LogP contribution in [-0.4, -0.2) is 22.3 Å². The lowest BCUT2D eigenvalue weighted by Gasteiger charge is -2.26. The van der Waals surface area contributed by atoms with E-state index in [2.05, 4.69) is 4.98 Å². The third kappa shape index (κ3) is 2.46. The van der Waals surface area contributed by atoms with Crippen LogP contribution in [0.2, 0.25) is 0 Å². The Kier molecular flexibility index (Phi) is 3.15. The van der Waals surface area contributed by atoms with E-state index in [9.17, 15) is 5.11 Å². The molecule has 0 saturated heterocycles. The van der Waals surface area contributed by atoms with Gasteiger partial charge >= 0.3 is 0 Å². The first-order valence-corrected chi connectivity index (χ1v) is 6.51. The number of hydrogen-bond donors (Lipinski definition) is 1. The summed E-state index contributed by atoms with van der Waals surface area (Å²) in [7, 11) is 0. The van der Waals surface area contributed by atoms with E-state index in [1.165, 1.54) is 0 Å². The molecule has 0 amide bonds. The minimum atomic E-state index is -0.136. The highest BCUT2D eigenvalue weighted by Crippen LogP contribution is 2.25. The first-order valence-electron chi connectivity index (χ1n) is 6.51. The maximum atomic E-state index is 9.47. The van der Waals surface area contributed by atoms with Crippen LogP contribution >= 0.6 is 0 Å². The van der Waals surface area contributed by atoms with Gasteiger partial charge in [0.05, 0.1) is 17.7 Å². The monoisotopic (exact) mass is 243 g/mol. The van der Waals surface area contributed by atoms with Crippen molar-refractivity contribution in [2.75, 3.05) is 0 Å². The second kappa shape index (κ2) is 4.94. The van der Waals surface area contributed by atoms with Gasteiger partial charge in [0.2, 0.25) is 0 Å². The van der Waals surface area contributed by atoms with E-state index >= 15 is 0 Å². The number of aromatic nitrogens is 1. The molecule has 0 unspecified atom stereocenters. The summed E-state index contributed by atoms with van der Waals surface area (Å²) >= 11 is 0. The standard InChI is InChI=1S/C15H17NO2/c17-12-4-7-13(8-5-12)18-14-6-3-11-2-1-9-16-15(11)10-14/h1-3,6,9-10,12-13,17H,4-5,7-8H2. The summed E-state index contributed by atoms with van der Waals surface area (Å²) in [6, 6.07) is 10.00. The van der Waals surface area contributed by atoms with Crippen LogP contribution in [-0.2, 0) is 0 Å². The molecule has 2 aromatic rings. The number of benzene rings is 1. The molecule has 0 radical (unpaired) electrons. The summed E-state index contributed by atoms with van der Waals surface area (Å²) in [5, 5.41) is 10.6. The van der Waals surface area contributed by atoms with Crippen LogP contribution in [0.1, 0.15) is 25.7 Å². The molecule has 3 heteroatoms. The Morgan fingerprint density at radius 3 is 2.78 bits per heavy atom. The Hall–Kier alpha value is -1.61. The fourth-order valence-electron chi connectivity index (χ4n) is 2.48. The molecule has 94 valence electrons. The summed E-state index contributed by atoms with van der Waals surface area (Å²) in [4.78, 5) is 4.33. The van der Waals surface area contributed by atoms with Crippen molar-refractivity contribution in [3.8, 4) is 5.75 Å². The topological polar surface area (TPSA) is 42.4 Å². The molecule has 0 bridgehead atoms. The van der Waals surface area contributed by atoms with Gasteiger partial charge in [-0.05, 0) is 43.9 Å². The number of aliphatic hydroxyl groups excluding tert-OH is 1. The first-order chi connectivity index (χ1) is 8.81. The average Bonchev–Trinajstić information content (AvgIpc) is 2.41. The maximum Gasteiger partial charge on any atom is 0.121 e. The van der Waals surface area contributed by atoms with Gasteiger partial charge in [-0.25, -0.2) is 0 Å². The molecule has 1 N–H and O–H groups in total. The predicted molar refractivity (Wildman–Crippen MR) is 70.6 cm³/mol. The first kappa shape index (κ1) is 11.5. The third-order valence-electron chi connectivity index (χ3n) is 3.52. The fraction of sp³-hybridized carbons (Fsp3) is 0.400. The summed E-state index contributed by atoms with van der Waals surface area (Å²) in [5.74, 6) is 0.877. The highest BCUT2D eigenvalue weighted by molar-refractivity contribution is 5.79. The lowest BCUT2D eigenvalue weighted by Crippen LogP contribution is -2.26. The molecule has 0 atom stereocenters. The van der Waals surface area contributed by atoms with Crippen LogP contribution in [0.15, 0.2) is 36.5 Å². The van der Waals surface area contributed by atoms with Crippen molar-refractivity contribution in [2.24, 2.45) is 0 Å². The Balaban J connectivity index is 1.74. The molecule has 1 aliphatic rings. The van der Waals surface area contributed by atoms with Gasteiger partial charge < -0.3 is 9.84 Å². The number of nitrogens with zero attached hydrogens (tertiary/aromatic N) is 1. The molecule has 0 aliphatic heterocycles. The number of aliphatic hydroxyl groups is 1. The van der Waals surface area contributed by atoms with Crippen LogP contribution in [0, 0.1) is 0 Å². The van der Waals surface area contributed by atoms with Crippen molar-refractivity contribution < 1.29 is 9.84 Å². The van der Waals surface area contributed by atoms with Crippen LogP contribution in [0.25, 0.3) is 10.9 Å². The highest BCUT2D eigenvalue weighted by atomic mass is 16.5. The van der Waals surface area contributed by atoms with Gasteiger partial charge in [-0.3, -0.25) is 4.98 Å². The minimum Gasteiger partial charge on any atom is -0.490 e. The van der Waals surface area contributed by atoms with E-state index in [0.717, 1.165) is 42.3 Å². The van der Waals surface area contributed by atoms with Gasteiger partial charge in [0.1, 0.15) is 5.75 Å². The third-order valence-corrected chi connectivity index (χ3v) is 3.52. The summed E-state index contributed by atoms with van der Waals surface area (Å²) in [6.07, 6.45) is 5.44. The Bertz CT molecular complexity index is 533. The molecule has 1 aliphatic carbocycles. The fourth-order valence-corrected chi connectivity index (χ4v) is 2.48. The van der Waals surface area contributed by atoms with E-state index in [0.29, 0.717) is 0 Å². The Morgan fingerprint density at radius 2 is 1.94 bits per heavy atom. The van der Waals surface area contributed by atoms with E-state index < -0.39 is 0 Å². The quantitative estimate of drug-likeness (QED) is 0.881. The van der Waals surface area contributed by atoms with Crippen LogP contribution in [0.5, 0.6) is 5.75 Å². The van der Waals surface area contributed by atoms with Crippen LogP contribution < -0.4 is 4.74 Å². The van der Waals surface area contributed by atoms with Crippen LogP contribution in [0.4, 0.5) is 0 Å². The van der Waals surface area contributed by atoms with Crippen molar-refractivity contribution >= 4 is 10.9 Å². The second-order valence-electron chi connectivity index (χ2n) is 4.91. The van der Waals surface area contributed by atoms with Gasteiger partial charge in [-0.1, -0.05) is 6.07 Å². The largest absolute Gasteiger partial charge is 0.490 e. The number of fused-ring (bicyclic) bond motifs is 1. The molecule has 3 nitrogen and oxygen atoms in total. The Morgan fingerprint density at radius 1 is 1.11 bits per heavy atom. The van der Waals surface area contributed by atoms with E-state index in [4.69, 9.17) is 4.74 Å². The molecule has 1 aromatic heterocycles. The zero-order valence-electron chi connectivity index (χ0n) is 10.2. The van der Waals surface area contributed by atoms with Gasteiger partial charge in [-0.2, -0.15) is 0 Å². The minimum absolute atomic E-state index is 0.136. The lowest BCUT2D eigenvalue weighted by atomic mass is 9.95. The van der Waals surface area contributed by atoms with Crippen molar-refractivity contribution in [2.45, 2.75) is 37.9 Å². The molecule has 1 aromatic carbocycles. The van der Waals surface area contributed by atoms with Gasteiger partial charge in [-0.15, -0.1) is 0 Å². The SMILES string of the molecule is OC1CCC(Oc2ccc3cccnc3c2)CC1. The molecule has 3 rings (SSSR count). The van der Waals surface area contributed by atoms with Gasteiger partial charge in [0, 0.05) is 17.6 Å². The predicted octanol–water partition coefficient (Wildman–Crippen LogP) is 2.92. The van der Waals surface area contributed by atoms with Crippen molar-refractivity contribution in [1.29, 1.82) is 0 Å². The van der Waals surface area contributed by atoms with Crippen molar-refractivity contribution in [3.63, 3.8) is 0 Å². The molecular formula is C15H17NO2. The zero-order chi connectivity index (χ0) is 12.4. The van der Waals surface area contributed by atoms with Gasteiger partial charge in [0.15, 0.2) is 0 Å². The highest BCUT2D eigenvalue weighted by Gasteiger charge is 2.20. The molecule has 1 saturated carbocycles. The molecule has 1 heterocycles. The van der Waals surface area contributed by atoms with Crippen molar-refractivity contribution in [1.82, 2.24) is 4.98 Å². The number of pyridine rings is 1. The van der Waals surface area contributed by atoms with Crippen LogP contribution in [0.3, 0.4) is 0 Å². The summed E-state index contributed by atoms with van der Waals surface area (Å²) in [6.45, 7) is 0. The number of hydrogen-bond acceptors (Lipinski definition) is 3. The van der Waals surface area contributed by atoms with E-state index in [1.807, 2.05) is 30.3 Å². The number of ether oxygens (including phenoxy) is 1. The van der Waals surface area contributed by atoms with Gasteiger partial charge in [0.25, 0.3) is 0 Å².